The first-order valence-electron chi connectivity index (χ1n) is 24.2. The molecule has 11 nitrogen and oxygen atoms in total. The molecule has 0 fully saturated rings. The fourth-order valence-corrected chi connectivity index (χ4v) is 10.3. The second-order valence-electron chi connectivity index (χ2n) is 19.2. The highest BCUT2D eigenvalue weighted by Crippen LogP contribution is 2.23. The van der Waals surface area contributed by atoms with E-state index in [2.05, 4.69) is 218 Å². The number of hydrogen-bond acceptors (Lipinski definition) is 5. The average Bonchev–Trinajstić information content (AvgIpc) is 4.22. The molecule has 14 bridgehead atoms. The van der Waals surface area contributed by atoms with Gasteiger partial charge in [0.2, 0.25) is 0 Å². The van der Waals surface area contributed by atoms with E-state index in [1.165, 1.54) is 85.0 Å². The van der Waals surface area contributed by atoms with Gasteiger partial charge in [-0.05, 0) is 89.5 Å². The summed E-state index contributed by atoms with van der Waals surface area (Å²) in [5.41, 5.74) is 18.5. The summed E-state index contributed by atoms with van der Waals surface area (Å²) in [7, 11) is 0. The Morgan fingerprint density at radius 1 is 0.221 bits per heavy atom. The van der Waals surface area contributed by atoms with Gasteiger partial charge in [-0.25, -0.2) is 0 Å². The number of H-pyrrole nitrogens is 6. The molecule has 0 radical (unpaired) electrons. The van der Waals surface area contributed by atoms with Crippen molar-refractivity contribution in [2.24, 2.45) is 0 Å². The lowest BCUT2D eigenvalue weighted by molar-refractivity contribution is 0.228. The second-order valence-corrected chi connectivity index (χ2v) is 19.2. The summed E-state index contributed by atoms with van der Waals surface area (Å²) in [6.07, 6.45) is 0. The maximum absolute atomic E-state index is 3.88. The van der Waals surface area contributed by atoms with Crippen molar-refractivity contribution < 1.29 is 0 Å². The predicted molar refractivity (Wildman–Crippen MR) is 269 cm³/mol. The summed E-state index contributed by atoms with van der Waals surface area (Å²) >= 11 is 0. The Kier molecular flexibility index (Phi) is 13.2. The summed E-state index contributed by atoms with van der Waals surface area (Å²) in [5, 5.41) is 0. The molecule has 0 atom stereocenters. The minimum absolute atomic E-state index is 0.780. The molecule has 0 saturated carbocycles. The Hall–Kier alpha value is -6.86. The van der Waals surface area contributed by atoms with Gasteiger partial charge >= 0.3 is 0 Å². The third kappa shape index (κ3) is 11.6. The Labute approximate surface area is 399 Å². The first kappa shape index (κ1) is 43.7. The summed E-state index contributed by atoms with van der Waals surface area (Å²) in [6.45, 7) is 12.1. The number of aromatic amines is 6. The molecule has 9 heterocycles. The molecule has 0 unspecified atom stereocenters. The van der Waals surface area contributed by atoms with Crippen molar-refractivity contribution in [2.45, 2.75) is 98.2 Å². The average molecular weight is 902 g/mol. The highest BCUT2D eigenvalue weighted by molar-refractivity contribution is 5.24. The van der Waals surface area contributed by atoms with Crippen molar-refractivity contribution in [1.82, 2.24) is 54.4 Å². The van der Waals surface area contributed by atoms with Crippen LogP contribution in [0.3, 0.4) is 0 Å². The Balaban J connectivity index is 0.979. The monoisotopic (exact) mass is 902 g/mol. The minimum Gasteiger partial charge on any atom is -0.360 e. The van der Waals surface area contributed by atoms with E-state index in [0.717, 1.165) is 98.2 Å². The second kappa shape index (κ2) is 20.6. The first-order chi connectivity index (χ1) is 33.5. The van der Waals surface area contributed by atoms with E-state index in [1.54, 1.807) is 0 Å². The van der Waals surface area contributed by atoms with Crippen molar-refractivity contribution >= 4 is 0 Å². The van der Waals surface area contributed by atoms with E-state index in [9.17, 15) is 0 Å². The van der Waals surface area contributed by atoms with Gasteiger partial charge in [0.05, 0.1) is 0 Å². The van der Waals surface area contributed by atoms with Crippen molar-refractivity contribution in [3.05, 3.63) is 249 Å². The van der Waals surface area contributed by atoms with Gasteiger partial charge in [0, 0.05) is 166 Å². The van der Waals surface area contributed by atoms with E-state index >= 15 is 0 Å². The SMILES string of the molecule is c1ccc(CN2Cc3ccc([nH]3)CN3Cc4ccc([nH]4)CN(Cc4ccccc4)Cc4ccc([nH]4)CN(Cc4ccc([nH]4)C2)Cc2ccc([nH]2)CN(Cc2ccccc2)Cc2ccc([nH]2)C3)cc1. The number of nitrogens with zero attached hydrogens (tertiary/aromatic N) is 5. The highest BCUT2D eigenvalue weighted by atomic mass is 15.2. The number of fused-ring (bicyclic) bond motifs is 6. The maximum atomic E-state index is 3.88. The fraction of sp³-hybridized carbons (Fsp3) is 0.263. The molecule has 68 heavy (non-hydrogen) atoms. The molecule has 12 rings (SSSR count). The van der Waals surface area contributed by atoms with Gasteiger partial charge < -0.3 is 29.9 Å². The van der Waals surface area contributed by atoms with E-state index in [1.807, 2.05) is 0 Å². The first-order valence-corrected chi connectivity index (χ1v) is 24.2. The number of rotatable bonds is 6. The molecule has 0 spiro atoms. The summed E-state index contributed by atoms with van der Waals surface area (Å²) in [6, 6.07) is 60.0. The Morgan fingerprint density at radius 3 is 0.588 bits per heavy atom. The van der Waals surface area contributed by atoms with Gasteiger partial charge in [-0.3, -0.25) is 24.5 Å². The van der Waals surface area contributed by atoms with Gasteiger partial charge in [0.1, 0.15) is 0 Å². The molecule has 6 aromatic heterocycles. The van der Waals surface area contributed by atoms with E-state index in [4.69, 9.17) is 0 Å². The summed E-state index contributed by atoms with van der Waals surface area (Å²) < 4.78 is 0. The maximum Gasteiger partial charge on any atom is 0.0393 e. The lowest BCUT2D eigenvalue weighted by Crippen LogP contribution is -2.25. The molecule has 0 saturated heterocycles. The van der Waals surface area contributed by atoms with E-state index in [0.29, 0.717) is 0 Å². The smallest absolute Gasteiger partial charge is 0.0393 e. The zero-order valence-corrected chi connectivity index (χ0v) is 38.9. The van der Waals surface area contributed by atoms with Crippen LogP contribution in [-0.2, 0) is 98.2 Å². The van der Waals surface area contributed by atoms with Gasteiger partial charge in [-0.2, -0.15) is 0 Å². The third-order valence-electron chi connectivity index (χ3n) is 13.3. The summed E-state index contributed by atoms with van der Waals surface area (Å²) in [5.74, 6) is 0. The number of hydrogen-bond donors (Lipinski definition) is 6. The highest BCUT2D eigenvalue weighted by Gasteiger charge is 2.20. The predicted octanol–water partition coefficient (Wildman–Crippen LogP) is 10.3. The largest absolute Gasteiger partial charge is 0.360 e. The minimum atomic E-state index is 0.780. The van der Waals surface area contributed by atoms with Crippen molar-refractivity contribution in [3.8, 4) is 0 Å². The van der Waals surface area contributed by atoms with Gasteiger partial charge in [-0.1, -0.05) is 91.0 Å². The van der Waals surface area contributed by atoms with Crippen LogP contribution in [0, 0.1) is 0 Å². The summed E-state index contributed by atoms with van der Waals surface area (Å²) in [4.78, 5) is 36.0. The van der Waals surface area contributed by atoms with E-state index < -0.39 is 0 Å². The van der Waals surface area contributed by atoms with Crippen molar-refractivity contribution in [3.63, 3.8) is 0 Å². The van der Waals surface area contributed by atoms with Crippen LogP contribution in [0.1, 0.15) is 85.0 Å². The van der Waals surface area contributed by atoms with Crippen molar-refractivity contribution in [2.75, 3.05) is 0 Å². The molecule has 0 amide bonds. The number of nitrogens with one attached hydrogen (secondary N) is 6. The Bertz CT molecular complexity index is 2490. The standard InChI is InChI=1S/C57H63N11/c1-4-10-43(11-5-1)28-64-31-46-16-22-52(58-46)37-67-39-54-24-18-48(60-54)33-65(29-44-12-6-2-7-13-44)34-49-19-25-55(61-49)40-68(38-53-23-17-47(32-64)59-53)42-57-27-21-51(63-57)36-66(30-45-14-8-3-9-15-45)35-50-20-26-56(41-67)62-50/h1-27,58-63H,28-42H2. The normalized spacial score (nSPS) is 18.2. The van der Waals surface area contributed by atoms with Crippen molar-refractivity contribution in [1.29, 1.82) is 0 Å². The molecule has 3 aromatic carbocycles. The molecule has 3 aliphatic heterocycles. The van der Waals surface area contributed by atoms with Crippen LogP contribution in [0.2, 0.25) is 0 Å². The Morgan fingerprint density at radius 2 is 0.397 bits per heavy atom. The molecule has 9 aromatic rings. The topological polar surface area (TPSA) is 111 Å². The fourth-order valence-electron chi connectivity index (χ4n) is 10.3. The van der Waals surface area contributed by atoms with Gasteiger partial charge in [0.25, 0.3) is 0 Å². The lowest BCUT2D eigenvalue weighted by atomic mass is 10.2. The van der Waals surface area contributed by atoms with Crippen LogP contribution in [-0.4, -0.2) is 54.4 Å². The molecule has 6 N–H and O–H groups in total. The molecular formula is C57H63N11. The molecule has 3 aliphatic rings. The zero-order valence-electron chi connectivity index (χ0n) is 38.9. The number of benzene rings is 3. The molecular weight excluding hydrogens is 839 g/mol. The van der Waals surface area contributed by atoms with Crippen LogP contribution in [0.5, 0.6) is 0 Å². The van der Waals surface area contributed by atoms with E-state index in [-0.39, 0.29) is 0 Å². The van der Waals surface area contributed by atoms with Crippen LogP contribution in [0.15, 0.2) is 164 Å². The molecule has 346 valence electrons. The van der Waals surface area contributed by atoms with Gasteiger partial charge in [-0.15, -0.1) is 0 Å². The molecule has 11 heteroatoms. The molecule has 0 aliphatic carbocycles. The quantitative estimate of drug-likeness (QED) is 0.0996. The van der Waals surface area contributed by atoms with Crippen LogP contribution >= 0.6 is 0 Å². The van der Waals surface area contributed by atoms with Gasteiger partial charge in [0.15, 0.2) is 0 Å². The third-order valence-corrected chi connectivity index (χ3v) is 13.3. The van der Waals surface area contributed by atoms with Crippen LogP contribution < -0.4 is 0 Å². The zero-order chi connectivity index (χ0) is 45.5. The van der Waals surface area contributed by atoms with Crippen LogP contribution in [0.4, 0.5) is 0 Å². The lowest BCUT2D eigenvalue weighted by Gasteiger charge is -2.24. The number of aromatic nitrogens is 6. The van der Waals surface area contributed by atoms with Crippen LogP contribution in [0.25, 0.3) is 0 Å².